The number of hydrazone groups is 1. The average molecular weight is 272 g/mol. The summed E-state index contributed by atoms with van der Waals surface area (Å²) >= 11 is 0. The Hall–Kier alpha value is -2.56. The SMILES string of the molecule is COc1ccc(C=NNC(=O)c2cc(C)oc2C)cc1. The van der Waals surface area contributed by atoms with E-state index in [0.29, 0.717) is 17.1 Å². The maximum Gasteiger partial charge on any atom is 0.274 e. The molecule has 5 heteroatoms. The molecule has 0 fully saturated rings. The lowest BCUT2D eigenvalue weighted by Crippen LogP contribution is -2.17. The maximum absolute atomic E-state index is 11.9. The normalized spacial score (nSPS) is 10.8. The van der Waals surface area contributed by atoms with E-state index in [9.17, 15) is 4.79 Å². The summed E-state index contributed by atoms with van der Waals surface area (Å²) in [6.45, 7) is 3.54. The van der Waals surface area contributed by atoms with E-state index >= 15 is 0 Å². The standard InChI is InChI=1S/C15H16N2O3/c1-10-8-14(11(2)20-10)15(18)17-16-9-12-4-6-13(19-3)7-5-12/h4-9H,1-3H3,(H,17,18). The second-order valence-corrected chi connectivity index (χ2v) is 4.30. The second-order valence-electron chi connectivity index (χ2n) is 4.30. The van der Waals surface area contributed by atoms with Crippen LogP contribution in [0.4, 0.5) is 0 Å². The molecule has 0 atom stereocenters. The summed E-state index contributed by atoms with van der Waals surface area (Å²) in [5, 5.41) is 3.92. The number of rotatable bonds is 4. The first-order valence-electron chi connectivity index (χ1n) is 6.14. The molecule has 0 aliphatic heterocycles. The van der Waals surface area contributed by atoms with Crippen molar-refractivity contribution in [1.82, 2.24) is 5.43 Å². The van der Waals surface area contributed by atoms with Gasteiger partial charge in [-0.05, 0) is 49.7 Å². The molecule has 20 heavy (non-hydrogen) atoms. The van der Waals surface area contributed by atoms with Gasteiger partial charge >= 0.3 is 0 Å². The van der Waals surface area contributed by atoms with E-state index in [2.05, 4.69) is 10.5 Å². The maximum atomic E-state index is 11.9. The molecule has 2 rings (SSSR count). The molecule has 0 radical (unpaired) electrons. The number of methoxy groups -OCH3 is 1. The van der Waals surface area contributed by atoms with E-state index in [0.717, 1.165) is 11.3 Å². The Morgan fingerprint density at radius 1 is 1.30 bits per heavy atom. The zero-order valence-corrected chi connectivity index (χ0v) is 11.6. The lowest BCUT2D eigenvalue weighted by molar-refractivity contribution is 0.0953. The highest BCUT2D eigenvalue weighted by molar-refractivity contribution is 5.95. The summed E-state index contributed by atoms with van der Waals surface area (Å²) in [6, 6.07) is 9.04. The van der Waals surface area contributed by atoms with Crippen LogP contribution in [0.2, 0.25) is 0 Å². The minimum atomic E-state index is -0.288. The fraction of sp³-hybridized carbons (Fsp3) is 0.200. The van der Waals surface area contributed by atoms with Crippen molar-refractivity contribution in [2.45, 2.75) is 13.8 Å². The molecule has 1 aromatic heterocycles. The van der Waals surface area contributed by atoms with Gasteiger partial charge in [-0.25, -0.2) is 5.43 Å². The van der Waals surface area contributed by atoms with Crippen molar-refractivity contribution in [2.24, 2.45) is 5.10 Å². The third-order valence-corrected chi connectivity index (χ3v) is 2.78. The Morgan fingerprint density at radius 3 is 2.55 bits per heavy atom. The number of nitrogens with zero attached hydrogens (tertiary/aromatic N) is 1. The molecular weight excluding hydrogens is 256 g/mol. The Kier molecular flexibility index (Phi) is 4.20. The van der Waals surface area contributed by atoms with Gasteiger partial charge in [0, 0.05) is 0 Å². The summed E-state index contributed by atoms with van der Waals surface area (Å²) in [4.78, 5) is 11.9. The minimum absolute atomic E-state index is 0.288. The molecular formula is C15H16N2O3. The van der Waals surface area contributed by atoms with E-state index in [1.807, 2.05) is 24.3 Å². The van der Waals surface area contributed by atoms with E-state index in [1.54, 1.807) is 33.2 Å². The van der Waals surface area contributed by atoms with Crippen molar-refractivity contribution < 1.29 is 13.9 Å². The summed E-state index contributed by atoms with van der Waals surface area (Å²) in [7, 11) is 1.61. The predicted molar refractivity (Wildman–Crippen MR) is 76.2 cm³/mol. The average Bonchev–Trinajstić information content (AvgIpc) is 2.78. The van der Waals surface area contributed by atoms with Gasteiger partial charge in [0.15, 0.2) is 0 Å². The summed E-state index contributed by atoms with van der Waals surface area (Å²) in [6.07, 6.45) is 1.57. The van der Waals surface area contributed by atoms with Crippen molar-refractivity contribution in [2.75, 3.05) is 7.11 Å². The first-order chi connectivity index (χ1) is 9.60. The molecule has 0 unspecified atom stereocenters. The van der Waals surface area contributed by atoms with E-state index < -0.39 is 0 Å². The number of benzene rings is 1. The van der Waals surface area contributed by atoms with Gasteiger partial charge in [-0.1, -0.05) is 0 Å². The van der Waals surface area contributed by atoms with E-state index in [-0.39, 0.29) is 5.91 Å². The van der Waals surface area contributed by atoms with Gasteiger partial charge in [0.25, 0.3) is 5.91 Å². The smallest absolute Gasteiger partial charge is 0.274 e. The lowest BCUT2D eigenvalue weighted by Gasteiger charge is -1.99. The molecule has 2 aromatic rings. The van der Waals surface area contributed by atoms with Crippen molar-refractivity contribution in [3.05, 3.63) is 53.0 Å². The molecule has 0 aliphatic rings. The van der Waals surface area contributed by atoms with E-state index in [4.69, 9.17) is 9.15 Å². The molecule has 0 saturated carbocycles. The number of nitrogens with one attached hydrogen (secondary N) is 1. The largest absolute Gasteiger partial charge is 0.497 e. The Labute approximate surface area is 117 Å². The fourth-order valence-electron chi connectivity index (χ4n) is 1.77. The van der Waals surface area contributed by atoms with Crippen LogP contribution < -0.4 is 10.2 Å². The van der Waals surface area contributed by atoms with Crippen LogP contribution >= 0.6 is 0 Å². The first-order valence-corrected chi connectivity index (χ1v) is 6.14. The Morgan fingerprint density at radius 2 is 2.00 bits per heavy atom. The number of aryl methyl sites for hydroxylation is 2. The zero-order valence-electron chi connectivity index (χ0n) is 11.6. The first kappa shape index (κ1) is 13.9. The number of hydrogen-bond acceptors (Lipinski definition) is 4. The molecule has 1 aromatic carbocycles. The van der Waals surface area contributed by atoms with Crippen molar-refractivity contribution in [1.29, 1.82) is 0 Å². The lowest BCUT2D eigenvalue weighted by atomic mass is 10.2. The Bertz CT molecular complexity index is 627. The highest BCUT2D eigenvalue weighted by atomic mass is 16.5. The summed E-state index contributed by atoms with van der Waals surface area (Å²) < 4.78 is 10.4. The van der Waals surface area contributed by atoms with E-state index in [1.165, 1.54) is 0 Å². The highest BCUT2D eigenvalue weighted by Gasteiger charge is 2.12. The van der Waals surface area contributed by atoms with Crippen molar-refractivity contribution >= 4 is 12.1 Å². The Balaban J connectivity index is 1.98. The van der Waals surface area contributed by atoms with Crippen LogP contribution in [0.5, 0.6) is 5.75 Å². The van der Waals surface area contributed by atoms with Gasteiger partial charge in [-0.3, -0.25) is 4.79 Å². The molecule has 1 amide bonds. The van der Waals surface area contributed by atoms with Crippen molar-refractivity contribution in [3.63, 3.8) is 0 Å². The van der Waals surface area contributed by atoms with Crippen LogP contribution in [0.3, 0.4) is 0 Å². The molecule has 5 nitrogen and oxygen atoms in total. The van der Waals surface area contributed by atoms with Crippen LogP contribution in [0, 0.1) is 13.8 Å². The molecule has 0 saturated heterocycles. The second kappa shape index (κ2) is 6.06. The quantitative estimate of drug-likeness (QED) is 0.687. The number of amides is 1. The number of carbonyl (C=O) groups excluding carboxylic acids is 1. The van der Waals surface area contributed by atoms with Crippen LogP contribution in [-0.2, 0) is 0 Å². The third kappa shape index (κ3) is 3.26. The number of hydrogen-bond donors (Lipinski definition) is 1. The van der Waals surface area contributed by atoms with Crippen LogP contribution in [0.25, 0.3) is 0 Å². The van der Waals surface area contributed by atoms with Gasteiger partial charge in [-0.15, -0.1) is 0 Å². The molecule has 104 valence electrons. The van der Waals surface area contributed by atoms with Crippen LogP contribution in [0.1, 0.15) is 27.4 Å². The molecule has 0 spiro atoms. The van der Waals surface area contributed by atoms with Gasteiger partial charge in [0.05, 0.1) is 18.9 Å². The molecule has 1 N–H and O–H groups in total. The van der Waals surface area contributed by atoms with Gasteiger partial charge in [0.1, 0.15) is 17.3 Å². The zero-order chi connectivity index (χ0) is 14.5. The number of ether oxygens (including phenoxy) is 1. The number of carbonyl (C=O) groups is 1. The highest BCUT2D eigenvalue weighted by Crippen LogP contribution is 2.13. The summed E-state index contributed by atoms with van der Waals surface area (Å²) in [5.74, 6) is 1.77. The molecule has 0 bridgehead atoms. The van der Waals surface area contributed by atoms with Crippen molar-refractivity contribution in [3.8, 4) is 5.75 Å². The number of furan rings is 1. The fourth-order valence-corrected chi connectivity index (χ4v) is 1.77. The predicted octanol–water partition coefficient (Wildman–Crippen LogP) is 2.67. The minimum Gasteiger partial charge on any atom is -0.497 e. The van der Waals surface area contributed by atoms with Gasteiger partial charge < -0.3 is 9.15 Å². The molecule has 0 aliphatic carbocycles. The van der Waals surface area contributed by atoms with Crippen LogP contribution in [0.15, 0.2) is 39.9 Å². The van der Waals surface area contributed by atoms with Gasteiger partial charge in [0.2, 0.25) is 0 Å². The molecule has 1 heterocycles. The van der Waals surface area contributed by atoms with Gasteiger partial charge in [-0.2, -0.15) is 5.10 Å². The topological polar surface area (TPSA) is 63.8 Å². The van der Waals surface area contributed by atoms with Crippen LogP contribution in [-0.4, -0.2) is 19.2 Å². The third-order valence-electron chi connectivity index (χ3n) is 2.78. The monoisotopic (exact) mass is 272 g/mol. The summed E-state index contributed by atoms with van der Waals surface area (Å²) in [5.41, 5.74) is 3.83.